The lowest BCUT2D eigenvalue weighted by Gasteiger charge is -1.96. The lowest BCUT2D eigenvalue weighted by atomic mass is 10.1. The summed E-state index contributed by atoms with van der Waals surface area (Å²) in [5.74, 6) is 0.722. The second-order valence-electron chi connectivity index (χ2n) is 5.00. The smallest absolute Gasteiger partial charge is 0.258 e. The Morgan fingerprint density at radius 2 is 1.79 bits per heavy atom. The third-order valence-electron chi connectivity index (χ3n) is 3.43. The molecule has 0 saturated carbocycles. The largest absolute Gasteiger partial charge is 0.334 e. The van der Waals surface area contributed by atoms with Gasteiger partial charge in [0.1, 0.15) is 0 Å². The fourth-order valence-electron chi connectivity index (χ4n) is 2.21. The van der Waals surface area contributed by atoms with E-state index in [4.69, 9.17) is 9.78 Å². The molecular weight excluding hydrogens is 304 g/mol. The maximum absolute atomic E-state index is 8.83. The highest BCUT2D eigenvalue weighted by Crippen LogP contribution is 2.21. The number of nitrogens with zero attached hydrogens (tertiary/aromatic N) is 6. The quantitative estimate of drug-likeness (QED) is 0.577. The molecule has 2 heterocycles. The van der Waals surface area contributed by atoms with Crippen LogP contribution in [0.3, 0.4) is 0 Å². The van der Waals surface area contributed by atoms with E-state index in [0.29, 0.717) is 23.0 Å². The number of hydrogen-bond donors (Lipinski definition) is 0. The van der Waals surface area contributed by atoms with Crippen LogP contribution >= 0.6 is 0 Å². The third-order valence-corrected chi connectivity index (χ3v) is 3.43. The molecule has 0 radical (unpaired) electrons. The molecule has 24 heavy (non-hydrogen) atoms. The topological polar surface area (TPSA) is 93.4 Å². The average molecular weight is 314 g/mol. The number of aromatic nitrogens is 5. The summed E-state index contributed by atoms with van der Waals surface area (Å²) in [6, 6.07) is 18.6. The van der Waals surface area contributed by atoms with Crippen LogP contribution in [0, 0.1) is 11.3 Å². The second-order valence-corrected chi connectivity index (χ2v) is 5.00. The SMILES string of the molecule is N#Cc1ccc(-c2nc(-c3cn(-c4ccccc4)nn3)no2)cc1. The first-order valence-corrected chi connectivity index (χ1v) is 7.16. The molecule has 2 aromatic carbocycles. The van der Waals surface area contributed by atoms with E-state index >= 15 is 0 Å². The molecule has 0 spiro atoms. The van der Waals surface area contributed by atoms with E-state index in [1.165, 1.54) is 0 Å². The van der Waals surface area contributed by atoms with Crippen LogP contribution in [0.5, 0.6) is 0 Å². The molecule has 0 atom stereocenters. The van der Waals surface area contributed by atoms with Crippen LogP contribution in [0.1, 0.15) is 5.56 Å². The van der Waals surface area contributed by atoms with Crippen LogP contribution < -0.4 is 0 Å². The van der Waals surface area contributed by atoms with Gasteiger partial charge in [-0.05, 0) is 36.4 Å². The summed E-state index contributed by atoms with van der Waals surface area (Å²) in [6.07, 6.45) is 1.74. The molecule has 0 aliphatic heterocycles. The van der Waals surface area contributed by atoms with Gasteiger partial charge in [-0.1, -0.05) is 28.6 Å². The monoisotopic (exact) mass is 314 g/mol. The Bertz CT molecular complexity index is 1010. The van der Waals surface area contributed by atoms with Crippen molar-refractivity contribution in [2.75, 3.05) is 0 Å². The molecule has 0 aliphatic rings. The first kappa shape index (κ1) is 13.8. The van der Waals surface area contributed by atoms with Gasteiger partial charge < -0.3 is 4.52 Å². The number of para-hydroxylation sites is 1. The van der Waals surface area contributed by atoms with Gasteiger partial charge in [-0.3, -0.25) is 0 Å². The third kappa shape index (κ3) is 2.53. The fourth-order valence-corrected chi connectivity index (χ4v) is 2.21. The standard InChI is InChI=1S/C17H10N6O/c18-10-12-6-8-13(9-7-12)17-19-16(21-24-17)15-11-23(22-20-15)14-4-2-1-3-5-14/h1-9,11H. The van der Waals surface area contributed by atoms with Gasteiger partial charge in [-0.15, -0.1) is 5.10 Å². The van der Waals surface area contributed by atoms with Crippen molar-refractivity contribution in [1.82, 2.24) is 25.1 Å². The molecule has 0 unspecified atom stereocenters. The number of hydrogen-bond acceptors (Lipinski definition) is 6. The normalized spacial score (nSPS) is 10.5. The van der Waals surface area contributed by atoms with Gasteiger partial charge in [0.05, 0.1) is 23.5 Å². The Hall–Kier alpha value is -3.79. The molecule has 4 aromatic rings. The molecule has 114 valence electrons. The zero-order chi connectivity index (χ0) is 16.4. The minimum absolute atomic E-state index is 0.358. The molecule has 0 N–H and O–H groups in total. The Morgan fingerprint density at radius 3 is 2.54 bits per heavy atom. The van der Waals surface area contributed by atoms with E-state index in [-0.39, 0.29) is 0 Å². The van der Waals surface area contributed by atoms with Crippen LogP contribution in [0.4, 0.5) is 0 Å². The van der Waals surface area contributed by atoms with Crippen LogP contribution in [-0.4, -0.2) is 25.1 Å². The zero-order valence-electron chi connectivity index (χ0n) is 12.4. The van der Waals surface area contributed by atoms with Crippen molar-refractivity contribution in [1.29, 1.82) is 5.26 Å². The van der Waals surface area contributed by atoms with E-state index in [1.807, 2.05) is 30.3 Å². The van der Waals surface area contributed by atoms with Gasteiger partial charge in [0.15, 0.2) is 5.69 Å². The summed E-state index contributed by atoms with van der Waals surface area (Å²) in [5, 5.41) is 20.9. The molecule has 0 amide bonds. The Morgan fingerprint density at radius 1 is 1.00 bits per heavy atom. The van der Waals surface area contributed by atoms with E-state index in [2.05, 4.69) is 26.5 Å². The van der Waals surface area contributed by atoms with Crippen LogP contribution in [0.25, 0.3) is 28.7 Å². The maximum atomic E-state index is 8.83. The summed E-state index contributed by atoms with van der Waals surface area (Å²) in [6.45, 7) is 0. The number of rotatable bonds is 3. The maximum Gasteiger partial charge on any atom is 0.258 e. The van der Waals surface area contributed by atoms with Crippen molar-refractivity contribution in [3.05, 3.63) is 66.4 Å². The van der Waals surface area contributed by atoms with Crippen LogP contribution in [0.15, 0.2) is 65.3 Å². The summed E-state index contributed by atoms with van der Waals surface area (Å²) >= 11 is 0. The van der Waals surface area contributed by atoms with Crippen molar-refractivity contribution in [2.24, 2.45) is 0 Å². The molecule has 7 nitrogen and oxygen atoms in total. The van der Waals surface area contributed by atoms with Crippen molar-refractivity contribution in [3.63, 3.8) is 0 Å². The molecule has 0 aliphatic carbocycles. The van der Waals surface area contributed by atoms with Crippen molar-refractivity contribution in [3.8, 4) is 34.7 Å². The molecular formula is C17H10N6O. The van der Waals surface area contributed by atoms with Gasteiger partial charge in [0, 0.05) is 5.56 Å². The van der Waals surface area contributed by atoms with E-state index in [1.54, 1.807) is 35.1 Å². The van der Waals surface area contributed by atoms with E-state index in [0.717, 1.165) is 11.3 Å². The first-order valence-electron chi connectivity index (χ1n) is 7.16. The summed E-state index contributed by atoms with van der Waals surface area (Å²) < 4.78 is 6.92. The van der Waals surface area contributed by atoms with Gasteiger partial charge in [-0.2, -0.15) is 10.2 Å². The Kier molecular flexibility index (Phi) is 3.33. The lowest BCUT2D eigenvalue weighted by Crippen LogP contribution is -1.93. The van der Waals surface area contributed by atoms with Crippen LogP contribution in [0.2, 0.25) is 0 Å². The van der Waals surface area contributed by atoms with Gasteiger partial charge >= 0.3 is 0 Å². The van der Waals surface area contributed by atoms with E-state index < -0.39 is 0 Å². The Balaban J connectivity index is 1.63. The van der Waals surface area contributed by atoms with E-state index in [9.17, 15) is 0 Å². The molecule has 7 heteroatoms. The summed E-state index contributed by atoms with van der Waals surface area (Å²) in [5.41, 5.74) is 2.72. The minimum Gasteiger partial charge on any atom is -0.334 e. The van der Waals surface area contributed by atoms with Gasteiger partial charge in [0.25, 0.3) is 5.89 Å². The summed E-state index contributed by atoms with van der Waals surface area (Å²) in [7, 11) is 0. The first-order chi connectivity index (χ1) is 11.8. The van der Waals surface area contributed by atoms with Crippen molar-refractivity contribution in [2.45, 2.75) is 0 Å². The van der Waals surface area contributed by atoms with Crippen LogP contribution in [-0.2, 0) is 0 Å². The highest BCUT2D eigenvalue weighted by Gasteiger charge is 2.14. The van der Waals surface area contributed by atoms with Crippen molar-refractivity contribution >= 4 is 0 Å². The molecule has 2 aromatic heterocycles. The van der Waals surface area contributed by atoms with Gasteiger partial charge in [0.2, 0.25) is 5.82 Å². The van der Waals surface area contributed by atoms with Crippen molar-refractivity contribution < 1.29 is 4.52 Å². The minimum atomic E-state index is 0.358. The number of benzene rings is 2. The summed E-state index contributed by atoms with van der Waals surface area (Å²) in [4.78, 5) is 4.34. The molecule has 4 rings (SSSR count). The predicted octanol–water partition coefficient (Wildman–Crippen LogP) is 2.86. The molecule has 0 fully saturated rings. The fraction of sp³-hybridized carbons (Fsp3) is 0. The van der Waals surface area contributed by atoms with Gasteiger partial charge in [-0.25, -0.2) is 4.68 Å². The highest BCUT2D eigenvalue weighted by molar-refractivity contribution is 5.58. The number of nitriles is 1. The Labute approximate surface area is 136 Å². The lowest BCUT2D eigenvalue weighted by molar-refractivity contribution is 0.432. The average Bonchev–Trinajstić information content (AvgIpc) is 3.32. The second kappa shape index (κ2) is 5.78. The molecule has 0 saturated heterocycles. The molecule has 0 bridgehead atoms. The predicted molar refractivity (Wildman–Crippen MR) is 84.8 cm³/mol. The zero-order valence-corrected chi connectivity index (χ0v) is 12.4. The highest BCUT2D eigenvalue weighted by atomic mass is 16.5.